The number of carbonyl (C=O) groups is 3. The van der Waals surface area contributed by atoms with Crippen molar-refractivity contribution in [2.45, 2.75) is 45.4 Å². The van der Waals surface area contributed by atoms with Gasteiger partial charge >= 0.3 is 12.1 Å². The van der Waals surface area contributed by atoms with Crippen LogP contribution in [0.25, 0.3) is 0 Å². The molecule has 1 aliphatic rings. The molecule has 0 bridgehead atoms. The van der Waals surface area contributed by atoms with E-state index in [1.165, 1.54) is 6.08 Å². The second-order valence-electron chi connectivity index (χ2n) is 5.77. The third kappa shape index (κ3) is 5.03. The van der Waals surface area contributed by atoms with Gasteiger partial charge in [0.2, 0.25) is 0 Å². The minimum Gasteiger partial charge on any atom is -0.460 e. The molecule has 2 amide bonds. The molecule has 8 heteroatoms. The Morgan fingerprint density at radius 2 is 2.05 bits per heavy atom. The largest absolute Gasteiger partial charge is 0.460 e. The Morgan fingerprint density at radius 3 is 2.55 bits per heavy atom. The molecule has 0 spiro atoms. The van der Waals surface area contributed by atoms with Crippen LogP contribution in [0.4, 0.5) is 4.79 Å². The molecule has 2 atom stereocenters. The Hall–Kier alpha value is -2.09. The van der Waals surface area contributed by atoms with Crippen molar-refractivity contribution in [3.63, 3.8) is 0 Å². The van der Waals surface area contributed by atoms with Crippen LogP contribution in [0.2, 0.25) is 0 Å². The van der Waals surface area contributed by atoms with Crippen LogP contribution in [0.5, 0.6) is 0 Å². The Labute approximate surface area is 129 Å². The lowest BCUT2D eigenvalue weighted by molar-refractivity contribution is -0.234. The maximum Gasteiger partial charge on any atom is 0.408 e. The molecule has 1 fully saturated rings. The van der Waals surface area contributed by atoms with E-state index < -0.39 is 35.7 Å². The van der Waals surface area contributed by atoms with E-state index in [-0.39, 0.29) is 13.2 Å². The van der Waals surface area contributed by atoms with Crippen LogP contribution in [0, 0.1) is 0 Å². The summed E-state index contributed by atoms with van der Waals surface area (Å²) < 4.78 is 9.79. The second kappa shape index (κ2) is 7.26. The number of rotatable bonds is 6. The van der Waals surface area contributed by atoms with Crippen LogP contribution in [-0.4, -0.2) is 53.9 Å². The number of hydrogen-bond acceptors (Lipinski definition) is 6. The highest BCUT2D eigenvalue weighted by Crippen LogP contribution is 2.20. The smallest absolute Gasteiger partial charge is 0.408 e. The number of ether oxygens (including phenoxy) is 2. The van der Waals surface area contributed by atoms with Crippen molar-refractivity contribution in [1.82, 2.24) is 10.4 Å². The molecule has 1 saturated heterocycles. The zero-order chi connectivity index (χ0) is 16.9. The van der Waals surface area contributed by atoms with Gasteiger partial charge in [0.25, 0.3) is 5.91 Å². The summed E-state index contributed by atoms with van der Waals surface area (Å²) in [5.41, 5.74) is -0.648. The summed E-state index contributed by atoms with van der Waals surface area (Å²) in [5.74, 6) is -1.06. The molecule has 1 aliphatic heterocycles. The van der Waals surface area contributed by atoms with Crippen LogP contribution in [-0.2, 0) is 23.9 Å². The van der Waals surface area contributed by atoms with E-state index in [0.717, 1.165) is 5.06 Å². The number of carbonyl (C=O) groups excluding carboxylic acids is 3. The number of nitrogens with one attached hydrogen (secondary N) is 1. The monoisotopic (exact) mass is 314 g/mol. The summed E-state index contributed by atoms with van der Waals surface area (Å²) in [5, 5.41) is 3.49. The van der Waals surface area contributed by atoms with E-state index in [1.54, 1.807) is 27.7 Å². The van der Waals surface area contributed by atoms with Gasteiger partial charge in [-0.1, -0.05) is 12.7 Å². The number of alkyl carbamates (subject to hydrolysis) is 1. The molecule has 0 saturated carbocycles. The molecule has 0 aromatic heterocycles. The summed E-state index contributed by atoms with van der Waals surface area (Å²) in [6.07, 6.45) is 0.749. The van der Waals surface area contributed by atoms with E-state index in [1.807, 2.05) is 0 Å². The third-order valence-corrected chi connectivity index (χ3v) is 2.69. The van der Waals surface area contributed by atoms with Crippen molar-refractivity contribution in [2.75, 3.05) is 13.2 Å². The van der Waals surface area contributed by atoms with Crippen molar-refractivity contribution in [1.29, 1.82) is 0 Å². The number of esters is 1. The molecule has 1 heterocycles. The highest BCUT2D eigenvalue weighted by Gasteiger charge is 2.47. The standard InChI is InChI=1S/C14H22N2O6/c1-6-7-20-10(17)8-21-16-9(2)11(12(16)18)15-13(19)22-14(3,4)5/h6,9,11H,1,7-8H2,2-5H3,(H,15,19)/t9-,11-/m0/s1. The molecule has 1 N–H and O–H groups in total. The van der Waals surface area contributed by atoms with Gasteiger partial charge in [-0.15, -0.1) is 0 Å². The van der Waals surface area contributed by atoms with Gasteiger partial charge in [0, 0.05) is 0 Å². The molecule has 0 aliphatic carbocycles. The van der Waals surface area contributed by atoms with Crippen LogP contribution in [0.3, 0.4) is 0 Å². The average Bonchev–Trinajstić information content (AvgIpc) is 2.40. The fraction of sp³-hybridized carbons (Fsp3) is 0.643. The molecule has 0 aromatic carbocycles. The fourth-order valence-electron chi connectivity index (χ4n) is 1.71. The Bertz CT molecular complexity index is 457. The first-order valence-corrected chi connectivity index (χ1v) is 6.87. The van der Waals surface area contributed by atoms with Gasteiger partial charge in [-0.2, -0.15) is 0 Å². The molecule has 0 aromatic rings. The van der Waals surface area contributed by atoms with Gasteiger partial charge in [-0.3, -0.25) is 9.63 Å². The first-order chi connectivity index (χ1) is 10.2. The summed E-state index contributed by atoms with van der Waals surface area (Å²) in [7, 11) is 0. The van der Waals surface area contributed by atoms with Gasteiger partial charge in [0.15, 0.2) is 6.61 Å². The lowest BCUT2D eigenvalue weighted by atomic mass is 10.0. The molecule has 0 radical (unpaired) electrons. The summed E-state index contributed by atoms with van der Waals surface area (Å²) in [4.78, 5) is 39.8. The number of nitrogens with zero attached hydrogens (tertiary/aromatic N) is 1. The average molecular weight is 314 g/mol. The number of hydroxylamine groups is 2. The van der Waals surface area contributed by atoms with Crippen molar-refractivity contribution in [2.24, 2.45) is 0 Å². The van der Waals surface area contributed by atoms with E-state index in [4.69, 9.17) is 14.3 Å². The third-order valence-electron chi connectivity index (χ3n) is 2.69. The second-order valence-corrected chi connectivity index (χ2v) is 5.77. The molecule has 124 valence electrons. The maximum atomic E-state index is 11.9. The minimum atomic E-state index is -0.737. The Morgan fingerprint density at radius 1 is 1.41 bits per heavy atom. The molecule has 0 unspecified atom stereocenters. The zero-order valence-corrected chi connectivity index (χ0v) is 13.3. The Balaban J connectivity index is 2.38. The molecule has 8 nitrogen and oxygen atoms in total. The zero-order valence-electron chi connectivity index (χ0n) is 13.3. The van der Waals surface area contributed by atoms with Gasteiger partial charge in [0.1, 0.15) is 18.2 Å². The number of amides is 2. The summed E-state index contributed by atoms with van der Waals surface area (Å²) in [6, 6.07) is -1.15. The van der Waals surface area contributed by atoms with Crippen molar-refractivity contribution in [3.05, 3.63) is 12.7 Å². The Kier molecular flexibility index (Phi) is 5.92. The fourth-order valence-corrected chi connectivity index (χ4v) is 1.71. The van der Waals surface area contributed by atoms with E-state index in [2.05, 4.69) is 11.9 Å². The lowest BCUT2D eigenvalue weighted by Crippen LogP contribution is -2.69. The molecule has 1 rings (SSSR count). The van der Waals surface area contributed by atoms with E-state index in [0.29, 0.717) is 0 Å². The highest BCUT2D eigenvalue weighted by atomic mass is 16.7. The molecular weight excluding hydrogens is 292 g/mol. The number of β-lactam (4-membered cyclic amide) rings is 1. The van der Waals surface area contributed by atoms with Crippen LogP contribution >= 0.6 is 0 Å². The predicted octanol–water partition coefficient (Wildman–Crippen LogP) is 0.771. The molecule has 22 heavy (non-hydrogen) atoms. The maximum absolute atomic E-state index is 11.9. The highest BCUT2D eigenvalue weighted by molar-refractivity contribution is 5.91. The summed E-state index contributed by atoms with van der Waals surface area (Å²) >= 11 is 0. The predicted molar refractivity (Wildman–Crippen MR) is 76.6 cm³/mol. The van der Waals surface area contributed by atoms with Crippen LogP contribution < -0.4 is 5.32 Å². The molecular formula is C14H22N2O6. The van der Waals surface area contributed by atoms with E-state index in [9.17, 15) is 14.4 Å². The van der Waals surface area contributed by atoms with Crippen molar-refractivity contribution in [3.8, 4) is 0 Å². The lowest BCUT2D eigenvalue weighted by Gasteiger charge is -2.43. The van der Waals surface area contributed by atoms with Crippen LogP contribution in [0.1, 0.15) is 27.7 Å². The normalized spacial score (nSPS) is 20.9. The van der Waals surface area contributed by atoms with Crippen molar-refractivity contribution >= 4 is 18.0 Å². The van der Waals surface area contributed by atoms with Crippen LogP contribution in [0.15, 0.2) is 12.7 Å². The summed E-state index contributed by atoms with van der Waals surface area (Å²) in [6.45, 7) is 9.95. The first-order valence-electron chi connectivity index (χ1n) is 6.87. The van der Waals surface area contributed by atoms with Gasteiger partial charge in [-0.05, 0) is 27.7 Å². The quantitative estimate of drug-likeness (QED) is 0.442. The van der Waals surface area contributed by atoms with Gasteiger partial charge < -0.3 is 14.8 Å². The van der Waals surface area contributed by atoms with E-state index >= 15 is 0 Å². The van der Waals surface area contributed by atoms with Crippen molar-refractivity contribution < 1.29 is 28.7 Å². The first kappa shape index (κ1) is 18.0. The number of hydrogen-bond donors (Lipinski definition) is 1. The van der Waals surface area contributed by atoms with Gasteiger partial charge in [-0.25, -0.2) is 14.7 Å². The topological polar surface area (TPSA) is 94.2 Å². The minimum absolute atomic E-state index is 0.0779. The SMILES string of the molecule is C=CCOC(=O)CON1C(=O)[C@@H](NC(=O)OC(C)(C)C)[C@@H]1C. The van der Waals surface area contributed by atoms with Gasteiger partial charge in [0.05, 0.1) is 6.04 Å².